The Morgan fingerprint density at radius 3 is 2.78 bits per heavy atom. The molecule has 1 saturated heterocycles. The number of hydrogen-bond acceptors (Lipinski definition) is 1. The van der Waals surface area contributed by atoms with E-state index in [-0.39, 0.29) is 0 Å². The van der Waals surface area contributed by atoms with Crippen molar-refractivity contribution < 1.29 is 0 Å². The fourth-order valence-corrected chi connectivity index (χ4v) is 3.35. The summed E-state index contributed by atoms with van der Waals surface area (Å²) in [5.74, 6) is 3.40. The van der Waals surface area contributed by atoms with Crippen LogP contribution in [0.2, 0.25) is 0 Å². The van der Waals surface area contributed by atoms with Crippen molar-refractivity contribution in [2.45, 2.75) is 6.92 Å². The van der Waals surface area contributed by atoms with Crippen LogP contribution >= 0.6 is 0 Å². The fourth-order valence-electron chi connectivity index (χ4n) is 3.35. The molecule has 3 aliphatic rings. The molecule has 0 N–H and O–H groups in total. The van der Waals surface area contributed by atoms with Crippen LogP contribution in [0.4, 0.5) is 0 Å². The topological polar surface area (TPSA) is 3.24 Å². The molecule has 0 aromatic heterocycles. The third-order valence-corrected chi connectivity index (χ3v) is 3.96. The Hall–Kier alpha value is -0.0400. The SMILES string of the molecule is CC1C2C3CN(C)CC132. The normalized spacial score (nSPS) is 69.3. The summed E-state index contributed by atoms with van der Waals surface area (Å²) >= 11 is 0. The number of piperidine rings is 1. The Morgan fingerprint density at radius 2 is 2.33 bits per heavy atom. The number of fused-ring (bicyclic) bond motifs is 1. The molecule has 1 heteroatoms. The molecule has 3 rings (SSSR count). The summed E-state index contributed by atoms with van der Waals surface area (Å²) in [6.07, 6.45) is 0. The van der Waals surface area contributed by atoms with E-state index in [4.69, 9.17) is 0 Å². The molecule has 2 aliphatic carbocycles. The third-order valence-electron chi connectivity index (χ3n) is 3.96. The van der Waals surface area contributed by atoms with Gasteiger partial charge in [-0.3, -0.25) is 0 Å². The highest BCUT2D eigenvalue weighted by molar-refractivity contribution is 5.34. The van der Waals surface area contributed by atoms with Crippen LogP contribution < -0.4 is 0 Å². The van der Waals surface area contributed by atoms with Gasteiger partial charge in [-0.05, 0) is 30.2 Å². The van der Waals surface area contributed by atoms with Gasteiger partial charge >= 0.3 is 0 Å². The van der Waals surface area contributed by atoms with Gasteiger partial charge in [-0.25, -0.2) is 0 Å². The lowest BCUT2D eigenvalue weighted by atomic mass is 10.0. The average Bonchev–Trinajstić information content (AvgIpc) is 2.54. The van der Waals surface area contributed by atoms with Crippen LogP contribution in [-0.2, 0) is 0 Å². The largest absolute Gasteiger partial charge is 0.305 e. The highest BCUT2D eigenvalue weighted by Gasteiger charge is 2.86. The molecule has 2 saturated carbocycles. The second kappa shape index (κ2) is 0.968. The van der Waals surface area contributed by atoms with Crippen molar-refractivity contribution in [3.05, 3.63) is 0 Å². The predicted molar refractivity (Wildman–Crippen MR) is 36.1 cm³/mol. The summed E-state index contributed by atoms with van der Waals surface area (Å²) in [4.78, 5) is 2.49. The molecule has 4 atom stereocenters. The van der Waals surface area contributed by atoms with E-state index >= 15 is 0 Å². The van der Waals surface area contributed by atoms with E-state index < -0.39 is 0 Å². The maximum atomic E-state index is 2.49. The van der Waals surface area contributed by atoms with Crippen LogP contribution in [0.3, 0.4) is 0 Å². The van der Waals surface area contributed by atoms with Crippen LogP contribution in [-0.4, -0.2) is 25.0 Å². The molecule has 9 heavy (non-hydrogen) atoms. The monoisotopic (exact) mass is 123 g/mol. The van der Waals surface area contributed by atoms with Crippen LogP contribution in [0, 0.1) is 23.2 Å². The number of likely N-dealkylation sites (tertiary alicyclic amines) is 1. The van der Waals surface area contributed by atoms with E-state index in [1.165, 1.54) is 19.0 Å². The van der Waals surface area contributed by atoms with Gasteiger partial charge in [0.2, 0.25) is 0 Å². The Labute approximate surface area is 56.0 Å². The van der Waals surface area contributed by atoms with Crippen molar-refractivity contribution in [1.82, 2.24) is 4.90 Å². The molecular weight excluding hydrogens is 110 g/mol. The van der Waals surface area contributed by atoms with Gasteiger partial charge in [0.1, 0.15) is 0 Å². The molecule has 1 spiro atoms. The molecule has 0 bridgehead atoms. The molecule has 1 nitrogen and oxygen atoms in total. The molecule has 0 aromatic rings. The second-order valence-corrected chi connectivity index (χ2v) is 4.23. The fraction of sp³-hybridized carbons (Fsp3) is 1.00. The first-order chi connectivity index (χ1) is 4.27. The zero-order valence-electron chi connectivity index (χ0n) is 6.09. The summed E-state index contributed by atoms with van der Waals surface area (Å²) in [5, 5.41) is 0. The van der Waals surface area contributed by atoms with Gasteiger partial charge in [0, 0.05) is 13.1 Å². The minimum atomic E-state index is 0.884. The summed E-state index contributed by atoms with van der Waals surface area (Å²) in [5.41, 5.74) is 0.884. The Morgan fingerprint density at radius 1 is 1.56 bits per heavy atom. The maximum absolute atomic E-state index is 2.49. The summed E-state index contributed by atoms with van der Waals surface area (Å²) < 4.78 is 0. The lowest BCUT2D eigenvalue weighted by Gasteiger charge is -2.06. The van der Waals surface area contributed by atoms with Crippen molar-refractivity contribution in [3.63, 3.8) is 0 Å². The first kappa shape index (κ1) is 4.73. The Bertz CT molecular complexity index is 177. The quantitative estimate of drug-likeness (QED) is 0.461. The van der Waals surface area contributed by atoms with E-state index in [2.05, 4.69) is 18.9 Å². The van der Waals surface area contributed by atoms with Crippen LogP contribution in [0.5, 0.6) is 0 Å². The first-order valence-electron chi connectivity index (χ1n) is 3.95. The van der Waals surface area contributed by atoms with E-state index in [1.807, 2.05) is 0 Å². The van der Waals surface area contributed by atoms with Crippen LogP contribution in [0.1, 0.15) is 6.92 Å². The van der Waals surface area contributed by atoms with Gasteiger partial charge in [-0.2, -0.15) is 0 Å². The Kier molecular flexibility index (Phi) is 0.508. The minimum Gasteiger partial charge on any atom is -0.305 e. The third kappa shape index (κ3) is 0.295. The lowest BCUT2D eigenvalue weighted by molar-refractivity contribution is 0.371. The predicted octanol–water partition coefficient (Wildman–Crippen LogP) is 0.814. The minimum absolute atomic E-state index is 0.884. The zero-order chi connectivity index (χ0) is 6.22. The van der Waals surface area contributed by atoms with Crippen LogP contribution in [0.25, 0.3) is 0 Å². The van der Waals surface area contributed by atoms with Crippen LogP contribution in [0.15, 0.2) is 0 Å². The molecule has 1 heterocycles. The van der Waals surface area contributed by atoms with Gasteiger partial charge in [0.15, 0.2) is 0 Å². The van der Waals surface area contributed by atoms with Gasteiger partial charge in [0.05, 0.1) is 0 Å². The van der Waals surface area contributed by atoms with Crippen molar-refractivity contribution in [1.29, 1.82) is 0 Å². The first-order valence-corrected chi connectivity index (χ1v) is 3.95. The smallest absolute Gasteiger partial charge is 0.00438 e. The van der Waals surface area contributed by atoms with E-state index in [0.717, 1.165) is 17.3 Å². The Balaban J connectivity index is 1.89. The molecule has 0 aromatic carbocycles. The lowest BCUT2D eigenvalue weighted by Crippen LogP contribution is -2.16. The van der Waals surface area contributed by atoms with Gasteiger partial charge in [0.25, 0.3) is 0 Å². The van der Waals surface area contributed by atoms with Crippen molar-refractivity contribution in [2.24, 2.45) is 23.2 Å². The molecule has 0 radical (unpaired) electrons. The maximum Gasteiger partial charge on any atom is 0.00438 e. The molecule has 50 valence electrons. The summed E-state index contributed by atoms with van der Waals surface area (Å²) in [7, 11) is 2.25. The van der Waals surface area contributed by atoms with Gasteiger partial charge in [-0.1, -0.05) is 6.92 Å². The van der Waals surface area contributed by atoms with E-state index in [9.17, 15) is 0 Å². The highest BCUT2D eigenvalue weighted by Crippen LogP contribution is 2.86. The highest BCUT2D eigenvalue weighted by atomic mass is 15.2. The molecule has 1 aliphatic heterocycles. The molecule has 0 amide bonds. The summed E-state index contributed by atoms with van der Waals surface area (Å²) in [6.45, 7) is 5.22. The standard InChI is InChI=1S/C8H13N/c1-5-7-6-3-9(2)4-8(5,6)7/h5-7H,3-4H2,1-2H3. The number of nitrogens with zero attached hydrogens (tertiary/aromatic N) is 1. The van der Waals surface area contributed by atoms with Crippen molar-refractivity contribution in [3.8, 4) is 0 Å². The van der Waals surface area contributed by atoms with Crippen molar-refractivity contribution in [2.75, 3.05) is 20.1 Å². The zero-order valence-corrected chi connectivity index (χ0v) is 6.09. The molecule has 3 fully saturated rings. The molecular formula is C8H13N. The van der Waals surface area contributed by atoms with E-state index in [0.29, 0.717) is 0 Å². The second-order valence-electron chi connectivity index (χ2n) is 4.23. The molecule has 4 unspecified atom stereocenters. The van der Waals surface area contributed by atoms with Gasteiger partial charge in [-0.15, -0.1) is 0 Å². The van der Waals surface area contributed by atoms with Crippen molar-refractivity contribution >= 4 is 0 Å². The number of rotatable bonds is 0. The average molecular weight is 123 g/mol. The van der Waals surface area contributed by atoms with Gasteiger partial charge < -0.3 is 4.90 Å². The summed E-state index contributed by atoms with van der Waals surface area (Å²) in [6, 6.07) is 0. The van der Waals surface area contributed by atoms with E-state index in [1.54, 1.807) is 0 Å². The number of hydrogen-bond donors (Lipinski definition) is 0.